The summed E-state index contributed by atoms with van der Waals surface area (Å²) in [4.78, 5) is 30.8. The smallest absolute Gasteiger partial charge is 0.310 e. The maximum atomic E-state index is 14.2. The van der Waals surface area contributed by atoms with Crippen LogP contribution < -0.4 is 30.5 Å². The molecule has 0 unspecified atom stereocenters. The van der Waals surface area contributed by atoms with Gasteiger partial charge in [-0.05, 0) is 69.3 Å². The summed E-state index contributed by atoms with van der Waals surface area (Å²) in [5.74, 6) is -2.07. The molecule has 0 saturated carbocycles. The number of nitrogens with zero attached hydrogens (tertiary/aromatic N) is 2. The number of imide groups is 1. The highest BCUT2D eigenvalue weighted by Crippen LogP contribution is 2.45. The van der Waals surface area contributed by atoms with Crippen LogP contribution in [0.3, 0.4) is 0 Å². The summed E-state index contributed by atoms with van der Waals surface area (Å²) in [6.07, 6.45) is -10.3. The predicted octanol–water partition coefficient (Wildman–Crippen LogP) is 8.84. The van der Waals surface area contributed by atoms with Gasteiger partial charge in [0, 0.05) is 33.3 Å². The zero-order valence-corrected chi connectivity index (χ0v) is 29.5. The number of rotatable bonds is 4. The lowest BCUT2D eigenvalue weighted by Gasteiger charge is -2.45. The molecule has 55 heavy (non-hydrogen) atoms. The first-order valence-corrected chi connectivity index (χ1v) is 19.2. The highest BCUT2D eigenvalue weighted by Gasteiger charge is 2.49. The molecule has 9 rings (SSSR count). The molecule has 7 aromatic carbocycles. The number of benzene rings is 7. The van der Waals surface area contributed by atoms with Crippen LogP contribution in [0.1, 0.15) is 31.8 Å². The zero-order chi connectivity index (χ0) is 38.3. The second kappa shape index (κ2) is 12.3. The Balaban J connectivity index is 1.27. The number of amides is 2. The van der Waals surface area contributed by atoms with Crippen LogP contribution in [-0.2, 0) is 12.4 Å². The van der Waals surface area contributed by atoms with Gasteiger partial charge in [0.25, 0.3) is 11.8 Å². The van der Waals surface area contributed by atoms with E-state index < -0.39 is 49.1 Å². The lowest BCUT2D eigenvalue weighted by atomic mass is 9.91. The summed E-state index contributed by atoms with van der Waals surface area (Å²) < 4.78 is 83.0. The van der Waals surface area contributed by atoms with Crippen molar-refractivity contribution in [3.63, 3.8) is 0 Å². The van der Waals surface area contributed by atoms with Crippen LogP contribution in [0.15, 0.2) is 158 Å². The number of para-hydroxylation sites is 2. The maximum absolute atomic E-state index is 14.2. The van der Waals surface area contributed by atoms with E-state index in [1.54, 1.807) is 18.2 Å². The van der Waals surface area contributed by atoms with E-state index >= 15 is 0 Å². The third kappa shape index (κ3) is 5.14. The van der Waals surface area contributed by atoms with Crippen LogP contribution in [0.25, 0.3) is 10.8 Å². The molecule has 2 aliphatic heterocycles. The summed E-state index contributed by atoms with van der Waals surface area (Å²) >= 11 is 0. The second-order valence-corrected chi connectivity index (χ2v) is 17.2. The molecule has 7 aromatic rings. The molecule has 2 heterocycles. The molecule has 0 bridgehead atoms. The van der Waals surface area contributed by atoms with Crippen molar-refractivity contribution in [3.05, 3.63) is 180 Å². The average Bonchev–Trinajstić information content (AvgIpc) is 3.19. The van der Waals surface area contributed by atoms with Gasteiger partial charge in [-0.2, -0.15) is 26.3 Å². The van der Waals surface area contributed by atoms with Crippen LogP contribution in [-0.4, -0.2) is 19.9 Å². The number of hydrogen-bond acceptors (Lipinski definition) is 3. The third-order valence-electron chi connectivity index (χ3n) is 10.5. The fraction of sp³-hybridized carbons (Fsp3) is 0.0455. The minimum atomic E-state index is -5.17. The minimum Gasteiger partial charge on any atom is -0.310 e. The molecule has 0 atom stereocenters. The van der Waals surface area contributed by atoms with Gasteiger partial charge in [0.1, 0.15) is 0 Å². The molecular formula is C44H26F6N2O2Si. The van der Waals surface area contributed by atoms with Crippen molar-refractivity contribution in [2.75, 3.05) is 9.80 Å². The number of anilines is 4. The Bertz CT molecular complexity index is 2550. The fourth-order valence-corrected chi connectivity index (χ4v) is 13.4. The average molecular weight is 757 g/mol. The highest BCUT2D eigenvalue weighted by atomic mass is 28.3. The first kappa shape index (κ1) is 34.3. The Morgan fingerprint density at radius 3 is 1.42 bits per heavy atom. The second-order valence-electron chi connectivity index (χ2n) is 13.4. The molecule has 11 heteroatoms. The Morgan fingerprint density at radius 1 is 0.436 bits per heavy atom. The standard InChI is InChI=1S/C44H26F6N2O2Si/c45-43(46,47)27-24-28(44(48,49)50)26-29(25-27)51-41(53)33-17-11-16-32-35(23-22-34(40(32)33)42(51)54)52-36-18-7-9-20-38(36)55(30-12-3-1-4-13-30,31-14-5-2-6-15-31)39-21-10-8-19-37(39)52/h1-26H. The summed E-state index contributed by atoms with van der Waals surface area (Å²) in [6, 6.07) is 45.8. The Labute approximate surface area is 311 Å². The van der Waals surface area contributed by atoms with Crippen molar-refractivity contribution in [2.24, 2.45) is 0 Å². The number of hydrogen-bond donors (Lipinski definition) is 0. The van der Waals surface area contributed by atoms with Gasteiger partial charge >= 0.3 is 12.4 Å². The van der Waals surface area contributed by atoms with E-state index in [1.165, 1.54) is 22.5 Å². The Morgan fingerprint density at radius 2 is 0.909 bits per heavy atom. The van der Waals surface area contributed by atoms with Gasteiger partial charge in [-0.1, -0.05) is 109 Å². The number of carbonyl (C=O) groups excluding carboxylic acids is 2. The molecule has 0 saturated heterocycles. The van der Waals surface area contributed by atoms with Gasteiger partial charge in [0.2, 0.25) is 0 Å². The molecule has 4 nitrogen and oxygen atoms in total. The Hall–Kier alpha value is -6.46. The molecular weight excluding hydrogens is 731 g/mol. The molecule has 2 aliphatic rings. The fourth-order valence-electron chi connectivity index (χ4n) is 8.25. The first-order valence-electron chi connectivity index (χ1n) is 17.2. The SMILES string of the molecule is O=C1c2cccc3c(N4c5ccccc5[Si](c5ccccc5)(c5ccccc5)c5ccccc54)ccc(c23)C(=O)N1c1cc(C(F)(F)F)cc(C(F)(F)F)c1. The van der Waals surface area contributed by atoms with Gasteiger partial charge in [-0.25, -0.2) is 4.90 Å². The van der Waals surface area contributed by atoms with Gasteiger partial charge < -0.3 is 4.90 Å². The van der Waals surface area contributed by atoms with Gasteiger partial charge in [0.15, 0.2) is 8.07 Å². The van der Waals surface area contributed by atoms with Crippen molar-refractivity contribution in [3.8, 4) is 0 Å². The van der Waals surface area contributed by atoms with Crippen LogP contribution in [0, 0.1) is 0 Å². The normalized spacial score (nSPS) is 14.9. The molecule has 0 fully saturated rings. The van der Waals surface area contributed by atoms with Crippen molar-refractivity contribution >= 4 is 74.2 Å². The van der Waals surface area contributed by atoms with Gasteiger partial charge in [-0.3, -0.25) is 9.59 Å². The van der Waals surface area contributed by atoms with Crippen molar-refractivity contribution in [1.29, 1.82) is 0 Å². The van der Waals surface area contributed by atoms with Crippen LogP contribution in [0.5, 0.6) is 0 Å². The lowest BCUT2D eigenvalue weighted by Crippen LogP contribution is -2.77. The summed E-state index contributed by atoms with van der Waals surface area (Å²) in [6.45, 7) is 0. The van der Waals surface area contributed by atoms with Crippen LogP contribution >= 0.6 is 0 Å². The maximum Gasteiger partial charge on any atom is 0.416 e. The molecule has 2 amide bonds. The van der Waals surface area contributed by atoms with Gasteiger partial charge in [-0.15, -0.1) is 0 Å². The first-order chi connectivity index (χ1) is 26.4. The Kier molecular flexibility index (Phi) is 7.67. The largest absolute Gasteiger partial charge is 0.416 e. The summed E-state index contributed by atoms with van der Waals surface area (Å²) in [5, 5.41) is 5.33. The predicted molar refractivity (Wildman–Crippen MR) is 203 cm³/mol. The molecule has 0 aromatic heterocycles. The summed E-state index contributed by atoms with van der Waals surface area (Å²) in [7, 11) is -2.96. The van der Waals surface area contributed by atoms with Gasteiger partial charge in [0.05, 0.1) is 22.5 Å². The zero-order valence-electron chi connectivity index (χ0n) is 28.5. The number of alkyl halides is 6. The highest BCUT2D eigenvalue weighted by molar-refractivity contribution is 7.21. The van der Waals surface area contributed by atoms with E-state index in [0.717, 1.165) is 21.7 Å². The topological polar surface area (TPSA) is 40.6 Å². The number of carbonyl (C=O) groups is 2. The van der Waals surface area contributed by atoms with E-state index in [1.807, 2.05) is 72.8 Å². The monoisotopic (exact) mass is 756 g/mol. The molecule has 0 N–H and O–H groups in total. The van der Waals surface area contributed by atoms with E-state index in [0.29, 0.717) is 28.1 Å². The number of halogens is 6. The third-order valence-corrected chi connectivity index (χ3v) is 15.3. The minimum absolute atomic E-state index is 0.0317. The molecule has 0 radical (unpaired) electrons. The van der Waals surface area contributed by atoms with E-state index in [9.17, 15) is 35.9 Å². The van der Waals surface area contributed by atoms with E-state index in [-0.39, 0.29) is 22.6 Å². The van der Waals surface area contributed by atoms with Crippen LogP contribution in [0.4, 0.5) is 49.1 Å². The van der Waals surface area contributed by atoms with Crippen molar-refractivity contribution < 1.29 is 35.9 Å². The lowest BCUT2D eigenvalue weighted by molar-refractivity contribution is -0.143. The van der Waals surface area contributed by atoms with Crippen molar-refractivity contribution in [1.82, 2.24) is 0 Å². The molecule has 0 spiro atoms. The summed E-state index contributed by atoms with van der Waals surface area (Å²) in [5.41, 5.74) is -1.75. The van der Waals surface area contributed by atoms with Crippen LogP contribution in [0.2, 0.25) is 0 Å². The van der Waals surface area contributed by atoms with Crippen molar-refractivity contribution in [2.45, 2.75) is 12.4 Å². The molecule has 0 aliphatic carbocycles. The van der Waals surface area contributed by atoms with E-state index in [4.69, 9.17) is 0 Å². The number of fused-ring (bicyclic) bond motifs is 2. The van der Waals surface area contributed by atoms with E-state index in [2.05, 4.69) is 41.3 Å². The molecule has 270 valence electrons. The quantitative estimate of drug-likeness (QED) is 0.102.